The first-order valence-electron chi connectivity index (χ1n) is 7.39. The fourth-order valence-corrected chi connectivity index (χ4v) is 3.14. The van der Waals surface area contributed by atoms with Crippen molar-refractivity contribution in [3.8, 4) is 5.75 Å². The molecule has 0 bridgehead atoms. The molecule has 16 heteroatoms. The van der Waals surface area contributed by atoms with Gasteiger partial charge in [0, 0.05) is 0 Å². The number of benzene rings is 1. The van der Waals surface area contributed by atoms with E-state index >= 15 is 0 Å². The van der Waals surface area contributed by atoms with E-state index in [-0.39, 0.29) is 11.3 Å². The molecule has 0 aliphatic rings. The summed E-state index contributed by atoms with van der Waals surface area (Å²) in [5, 5.41) is 2.12. The van der Waals surface area contributed by atoms with Crippen LogP contribution in [0.5, 0.6) is 5.75 Å². The van der Waals surface area contributed by atoms with Crippen molar-refractivity contribution in [3.05, 3.63) is 29.8 Å². The summed E-state index contributed by atoms with van der Waals surface area (Å²) < 4.78 is 145. The number of phenolic OH excluding ortho intramolecular Hbond substituents is 1. The SMILES string of the molecule is COC(=O)[C@H](Cc1ccc(O)cc1)NS(=O)(=O)C(F)(F)C(F)(F)C(F)(F)C(F)(F)F. The molecule has 0 aliphatic carbocycles. The number of sulfonamides is 1. The Bertz CT molecular complexity index is 869. The van der Waals surface area contributed by atoms with Crippen LogP contribution in [0.15, 0.2) is 24.3 Å². The molecule has 1 atom stereocenters. The van der Waals surface area contributed by atoms with Crippen LogP contribution in [-0.4, -0.2) is 55.9 Å². The highest BCUT2D eigenvalue weighted by molar-refractivity contribution is 7.90. The zero-order valence-electron chi connectivity index (χ0n) is 14.5. The molecule has 0 heterocycles. The van der Waals surface area contributed by atoms with Crippen LogP contribution in [0.2, 0.25) is 0 Å². The third kappa shape index (κ3) is 4.58. The van der Waals surface area contributed by atoms with Crippen molar-refractivity contribution in [3.63, 3.8) is 0 Å². The average Bonchev–Trinajstić information content (AvgIpc) is 2.60. The number of rotatable bonds is 8. The number of halogens is 9. The van der Waals surface area contributed by atoms with E-state index in [1.807, 2.05) is 0 Å². The van der Waals surface area contributed by atoms with E-state index in [2.05, 4.69) is 4.74 Å². The van der Waals surface area contributed by atoms with Crippen molar-refractivity contribution >= 4 is 16.0 Å². The van der Waals surface area contributed by atoms with Crippen LogP contribution in [0.25, 0.3) is 0 Å². The number of hydrogen-bond acceptors (Lipinski definition) is 5. The molecule has 0 fully saturated rings. The normalized spacial score (nSPS) is 15.0. The number of ether oxygens (including phenoxy) is 1. The van der Waals surface area contributed by atoms with Gasteiger partial charge in [0.05, 0.1) is 7.11 Å². The number of hydrogen-bond donors (Lipinski definition) is 2. The van der Waals surface area contributed by atoms with Gasteiger partial charge in [-0.05, 0) is 24.1 Å². The van der Waals surface area contributed by atoms with E-state index in [4.69, 9.17) is 5.11 Å². The quantitative estimate of drug-likeness (QED) is 0.444. The lowest BCUT2D eigenvalue weighted by atomic mass is 10.1. The van der Waals surface area contributed by atoms with E-state index in [0.29, 0.717) is 11.8 Å². The highest BCUT2D eigenvalue weighted by Crippen LogP contribution is 2.54. The highest BCUT2D eigenvalue weighted by Gasteiger charge is 2.85. The van der Waals surface area contributed by atoms with Crippen molar-refractivity contribution in [1.29, 1.82) is 0 Å². The number of carbonyl (C=O) groups excluding carboxylic acids is 1. The number of carbonyl (C=O) groups is 1. The first kappa shape index (κ1) is 25.8. The molecule has 0 aromatic heterocycles. The Morgan fingerprint density at radius 2 is 1.47 bits per heavy atom. The maximum Gasteiger partial charge on any atom is 0.460 e. The average molecular weight is 477 g/mol. The second-order valence-corrected chi connectivity index (χ2v) is 7.49. The van der Waals surface area contributed by atoms with Gasteiger partial charge in [0.1, 0.15) is 11.8 Å². The number of alkyl halides is 9. The molecule has 2 N–H and O–H groups in total. The lowest BCUT2D eigenvalue weighted by Gasteiger charge is -2.33. The van der Waals surface area contributed by atoms with Crippen LogP contribution >= 0.6 is 0 Å². The Morgan fingerprint density at radius 1 is 1.00 bits per heavy atom. The summed E-state index contributed by atoms with van der Waals surface area (Å²) >= 11 is 0. The lowest BCUT2D eigenvalue weighted by Crippen LogP contribution is -2.66. The molecule has 0 saturated carbocycles. The summed E-state index contributed by atoms with van der Waals surface area (Å²) in [6, 6.07) is 1.69. The molecule has 6 nitrogen and oxygen atoms in total. The zero-order chi connectivity index (χ0) is 23.8. The van der Waals surface area contributed by atoms with Crippen LogP contribution in [0.3, 0.4) is 0 Å². The van der Waals surface area contributed by atoms with Crippen molar-refractivity contribution < 1.29 is 62.6 Å². The number of methoxy groups -OCH3 is 1. The maximum absolute atomic E-state index is 13.8. The third-order valence-corrected chi connectivity index (χ3v) is 5.14. The van der Waals surface area contributed by atoms with Crippen LogP contribution in [0.4, 0.5) is 39.5 Å². The van der Waals surface area contributed by atoms with Crippen LogP contribution < -0.4 is 4.72 Å². The minimum absolute atomic E-state index is 0.0541. The van der Waals surface area contributed by atoms with Gasteiger partial charge in [-0.1, -0.05) is 12.1 Å². The number of aromatic hydroxyl groups is 1. The van der Waals surface area contributed by atoms with Gasteiger partial charge in [0.25, 0.3) is 10.0 Å². The Balaban J connectivity index is 3.33. The molecular weight excluding hydrogens is 465 g/mol. The second-order valence-electron chi connectivity index (χ2n) is 5.73. The number of esters is 1. The van der Waals surface area contributed by atoms with Gasteiger partial charge in [-0.15, -0.1) is 0 Å². The van der Waals surface area contributed by atoms with Crippen molar-refractivity contribution in [2.24, 2.45) is 0 Å². The van der Waals surface area contributed by atoms with Gasteiger partial charge in [-0.3, -0.25) is 4.79 Å². The zero-order valence-corrected chi connectivity index (χ0v) is 15.3. The predicted molar refractivity (Wildman–Crippen MR) is 80.6 cm³/mol. The molecule has 1 rings (SSSR count). The summed E-state index contributed by atoms with van der Waals surface area (Å²) in [6.07, 6.45) is -8.09. The smallest absolute Gasteiger partial charge is 0.460 e. The third-order valence-electron chi connectivity index (χ3n) is 3.61. The van der Waals surface area contributed by atoms with Crippen LogP contribution in [0, 0.1) is 0 Å². The largest absolute Gasteiger partial charge is 0.508 e. The van der Waals surface area contributed by atoms with Gasteiger partial charge in [0.15, 0.2) is 0 Å². The highest BCUT2D eigenvalue weighted by atomic mass is 32.2. The fourth-order valence-electron chi connectivity index (χ4n) is 1.97. The molecule has 1 aromatic rings. The van der Waals surface area contributed by atoms with Crippen LogP contribution in [-0.2, 0) is 26.0 Å². The van der Waals surface area contributed by atoms with Gasteiger partial charge in [-0.25, -0.2) is 8.42 Å². The van der Waals surface area contributed by atoms with Gasteiger partial charge in [-0.2, -0.15) is 44.2 Å². The molecule has 0 amide bonds. The van der Waals surface area contributed by atoms with Crippen molar-refractivity contribution in [2.45, 2.75) is 35.7 Å². The standard InChI is InChI=1S/C14H12F9NO5S/c1-29-10(26)9(6-7-2-4-8(25)5-3-7)24-30(27,28)14(22,23)12(17,18)11(15,16)13(19,20)21/h2-5,9,24-25H,6H2,1H3/t9-/m0/s1. The summed E-state index contributed by atoms with van der Waals surface area (Å²) in [7, 11) is -6.38. The van der Waals surface area contributed by atoms with E-state index in [1.165, 1.54) is 0 Å². The lowest BCUT2D eigenvalue weighted by molar-refractivity contribution is -0.382. The summed E-state index contributed by atoms with van der Waals surface area (Å²) in [5.41, 5.74) is -0.0541. The molecule has 172 valence electrons. The minimum atomic E-state index is -7.44. The first-order valence-corrected chi connectivity index (χ1v) is 8.88. The summed E-state index contributed by atoms with van der Waals surface area (Å²) in [4.78, 5) is 11.6. The molecule has 0 spiro atoms. The molecule has 30 heavy (non-hydrogen) atoms. The molecule has 0 saturated heterocycles. The fraction of sp³-hybridized carbons (Fsp3) is 0.500. The summed E-state index contributed by atoms with van der Waals surface area (Å²) in [6.45, 7) is 0. The minimum Gasteiger partial charge on any atom is -0.508 e. The van der Waals surface area contributed by atoms with E-state index < -0.39 is 51.7 Å². The first-order chi connectivity index (χ1) is 13.3. The Hall–Kier alpha value is -2.23. The predicted octanol–water partition coefficient (Wildman–Crippen LogP) is 2.82. The molecule has 0 aliphatic heterocycles. The Labute approximate surface area is 162 Å². The van der Waals surface area contributed by atoms with Crippen LogP contribution in [0.1, 0.15) is 5.56 Å². The molecular formula is C14H12F9NO5S. The molecule has 1 aromatic carbocycles. The van der Waals surface area contributed by atoms with E-state index in [1.54, 1.807) is 0 Å². The number of nitrogens with one attached hydrogen (secondary N) is 1. The van der Waals surface area contributed by atoms with Crippen molar-refractivity contribution in [1.82, 2.24) is 4.72 Å². The monoisotopic (exact) mass is 477 g/mol. The van der Waals surface area contributed by atoms with E-state index in [9.17, 15) is 52.7 Å². The van der Waals surface area contributed by atoms with E-state index in [0.717, 1.165) is 24.3 Å². The van der Waals surface area contributed by atoms with Gasteiger partial charge < -0.3 is 9.84 Å². The van der Waals surface area contributed by atoms with Gasteiger partial charge in [0.2, 0.25) is 0 Å². The molecule has 0 unspecified atom stereocenters. The summed E-state index contributed by atoms with van der Waals surface area (Å²) in [5.74, 6) is -16.8. The number of phenols is 1. The Morgan fingerprint density at radius 3 is 1.87 bits per heavy atom. The Kier molecular flexibility index (Phi) is 6.99. The maximum atomic E-state index is 13.8. The van der Waals surface area contributed by atoms with Gasteiger partial charge >= 0.3 is 29.2 Å². The topological polar surface area (TPSA) is 92.7 Å². The van der Waals surface area contributed by atoms with Crippen molar-refractivity contribution in [2.75, 3.05) is 7.11 Å². The molecule has 0 radical (unpaired) electrons. The second kappa shape index (κ2) is 8.13.